The molecule has 2 rings (SSSR count). The Morgan fingerprint density at radius 1 is 0.960 bits per heavy atom. The van der Waals surface area contributed by atoms with E-state index in [2.05, 4.69) is 17.6 Å². The van der Waals surface area contributed by atoms with E-state index in [4.69, 9.17) is 4.74 Å². The smallest absolute Gasteiger partial charge is 0.248 e. The van der Waals surface area contributed by atoms with E-state index in [0.717, 1.165) is 17.7 Å². The Morgan fingerprint density at radius 3 is 2.12 bits per heavy atom. The predicted molar refractivity (Wildman–Crippen MR) is 101 cm³/mol. The number of carbonyl (C=O) groups excluding carboxylic acids is 2. The maximum Gasteiger partial charge on any atom is 0.248 e. The standard InChI is InChI=1S/C20H22N2O3/c1-3-14-25-19-11-4-16(5-12-19)6-13-20(24)22-18-9-7-17(8-10-18)21-15(2)23/h4-13H,3,14H2,1-2H3,(H,21,23)(H,22,24)/b13-6+. The first-order valence-corrected chi connectivity index (χ1v) is 8.16. The number of anilines is 2. The monoisotopic (exact) mass is 338 g/mol. The molecule has 0 aliphatic carbocycles. The molecule has 130 valence electrons. The van der Waals surface area contributed by atoms with Crippen molar-refractivity contribution in [3.05, 3.63) is 60.2 Å². The summed E-state index contributed by atoms with van der Waals surface area (Å²) in [6.45, 7) is 4.20. The molecule has 0 aliphatic heterocycles. The van der Waals surface area contributed by atoms with Crippen LogP contribution in [0, 0.1) is 0 Å². The Balaban J connectivity index is 1.88. The molecule has 0 fully saturated rings. The second-order valence-electron chi connectivity index (χ2n) is 5.50. The highest BCUT2D eigenvalue weighted by Gasteiger charge is 2.00. The zero-order chi connectivity index (χ0) is 18.1. The number of ether oxygens (including phenoxy) is 1. The van der Waals surface area contributed by atoms with E-state index in [9.17, 15) is 9.59 Å². The molecule has 2 N–H and O–H groups in total. The Labute approximate surface area is 147 Å². The highest BCUT2D eigenvalue weighted by atomic mass is 16.5. The Bertz CT molecular complexity index is 735. The van der Waals surface area contributed by atoms with Gasteiger partial charge in [-0.05, 0) is 54.5 Å². The van der Waals surface area contributed by atoms with Crippen LogP contribution < -0.4 is 15.4 Å². The summed E-state index contributed by atoms with van der Waals surface area (Å²) in [4.78, 5) is 22.9. The first-order valence-electron chi connectivity index (χ1n) is 8.16. The number of hydrogen-bond donors (Lipinski definition) is 2. The lowest BCUT2D eigenvalue weighted by Gasteiger charge is -2.05. The minimum Gasteiger partial charge on any atom is -0.494 e. The van der Waals surface area contributed by atoms with E-state index < -0.39 is 0 Å². The van der Waals surface area contributed by atoms with Crippen molar-refractivity contribution in [2.75, 3.05) is 17.2 Å². The summed E-state index contributed by atoms with van der Waals surface area (Å²) in [7, 11) is 0. The molecule has 2 amide bonds. The van der Waals surface area contributed by atoms with Gasteiger partial charge in [-0.25, -0.2) is 0 Å². The van der Waals surface area contributed by atoms with Gasteiger partial charge < -0.3 is 15.4 Å². The average Bonchev–Trinajstić information content (AvgIpc) is 2.60. The van der Waals surface area contributed by atoms with Crippen LogP contribution in [0.3, 0.4) is 0 Å². The number of benzene rings is 2. The highest BCUT2D eigenvalue weighted by Crippen LogP contribution is 2.15. The molecule has 0 spiro atoms. The van der Waals surface area contributed by atoms with Crippen molar-refractivity contribution in [2.24, 2.45) is 0 Å². The molecule has 25 heavy (non-hydrogen) atoms. The second kappa shape index (κ2) is 9.27. The van der Waals surface area contributed by atoms with Crippen LogP contribution in [-0.4, -0.2) is 18.4 Å². The van der Waals surface area contributed by atoms with Gasteiger partial charge in [0.2, 0.25) is 11.8 Å². The Kier molecular flexibility index (Phi) is 6.77. The Hall–Kier alpha value is -3.08. The van der Waals surface area contributed by atoms with E-state index in [1.54, 1.807) is 30.3 Å². The fourth-order valence-electron chi connectivity index (χ4n) is 2.09. The summed E-state index contributed by atoms with van der Waals surface area (Å²) in [5.74, 6) is 0.465. The van der Waals surface area contributed by atoms with E-state index in [1.165, 1.54) is 13.0 Å². The van der Waals surface area contributed by atoms with Crippen LogP contribution in [0.1, 0.15) is 25.8 Å². The predicted octanol–water partition coefficient (Wildman–Crippen LogP) is 4.09. The van der Waals surface area contributed by atoms with Gasteiger partial charge in [0.05, 0.1) is 6.61 Å². The molecule has 0 bridgehead atoms. The van der Waals surface area contributed by atoms with Crippen molar-refractivity contribution in [3.63, 3.8) is 0 Å². The topological polar surface area (TPSA) is 67.4 Å². The minimum absolute atomic E-state index is 0.133. The summed E-state index contributed by atoms with van der Waals surface area (Å²) in [5, 5.41) is 5.44. The van der Waals surface area contributed by atoms with Crippen molar-refractivity contribution in [3.8, 4) is 5.75 Å². The van der Waals surface area contributed by atoms with Gasteiger partial charge in [-0.3, -0.25) is 9.59 Å². The number of carbonyl (C=O) groups is 2. The second-order valence-corrected chi connectivity index (χ2v) is 5.50. The van der Waals surface area contributed by atoms with Gasteiger partial charge in [-0.2, -0.15) is 0 Å². The summed E-state index contributed by atoms with van der Waals surface area (Å²) in [6.07, 6.45) is 4.18. The van der Waals surface area contributed by atoms with Crippen LogP contribution in [0.2, 0.25) is 0 Å². The molecule has 0 heterocycles. The number of amides is 2. The van der Waals surface area contributed by atoms with Gasteiger partial charge in [0, 0.05) is 24.4 Å². The zero-order valence-corrected chi connectivity index (χ0v) is 14.4. The van der Waals surface area contributed by atoms with E-state index >= 15 is 0 Å². The molecule has 0 radical (unpaired) electrons. The van der Waals surface area contributed by atoms with Gasteiger partial charge in [-0.15, -0.1) is 0 Å². The average molecular weight is 338 g/mol. The third-order valence-corrected chi connectivity index (χ3v) is 3.25. The van der Waals surface area contributed by atoms with Gasteiger partial charge in [0.15, 0.2) is 0 Å². The number of hydrogen-bond acceptors (Lipinski definition) is 3. The van der Waals surface area contributed by atoms with Gasteiger partial charge in [0.25, 0.3) is 0 Å². The van der Waals surface area contributed by atoms with Crippen LogP contribution in [0.4, 0.5) is 11.4 Å². The Morgan fingerprint density at radius 2 is 1.56 bits per heavy atom. The van der Waals surface area contributed by atoms with Crippen LogP contribution in [0.5, 0.6) is 5.75 Å². The molecule has 2 aromatic carbocycles. The van der Waals surface area contributed by atoms with Crippen LogP contribution in [0.25, 0.3) is 6.08 Å². The van der Waals surface area contributed by atoms with Crippen molar-refractivity contribution in [1.82, 2.24) is 0 Å². The van der Waals surface area contributed by atoms with E-state index in [1.807, 2.05) is 24.3 Å². The van der Waals surface area contributed by atoms with E-state index in [-0.39, 0.29) is 11.8 Å². The summed E-state index contributed by atoms with van der Waals surface area (Å²) < 4.78 is 5.52. The van der Waals surface area contributed by atoms with Crippen LogP contribution in [-0.2, 0) is 9.59 Å². The maximum atomic E-state index is 12.0. The first kappa shape index (κ1) is 18.3. The fourth-order valence-corrected chi connectivity index (χ4v) is 2.09. The molecule has 0 atom stereocenters. The van der Waals surface area contributed by atoms with Gasteiger partial charge >= 0.3 is 0 Å². The normalized spacial score (nSPS) is 10.5. The summed E-state index contributed by atoms with van der Waals surface area (Å²) >= 11 is 0. The lowest BCUT2D eigenvalue weighted by atomic mass is 10.2. The fraction of sp³-hybridized carbons (Fsp3) is 0.200. The minimum atomic E-state index is -0.224. The highest BCUT2D eigenvalue weighted by molar-refractivity contribution is 6.02. The molecule has 0 unspecified atom stereocenters. The summed E-state index contributed by atoms with van der Waals surface area (Å²) in [5.41, 5.74) is 2.26. The molecular formula is C20H22N2O3. The van der Waals surface area contributed by atoms with Gasteiger partial charge in [0.1, 0.15) is 5.75 Å². The molecule has 0 aromatic heterocycles. The zero-order valence-electron chi connectivity index (χ0n) is 14.4. The lowest BCUT2D eigenvalue weighted by Crippen LogP contribution is -2.08. The molecule has 0 saturated carbocycles. The molecule has 5 nitrogen and oxygen atoms in total. The van der Waals surface area contributed by atoms with Crippen LogP contribution in [0.15, 0.2) is 54.6 Å². The molecule has 0 saturated heterocycles. The SMILES string of the molecule is CCCOc1ccc(/C=C/C(=O)Nc2ccc(NC(C)=O)cc2)cc1. The number of nitrogens with one attached hydrogen (secondary N) is 2. The maximum absolute atomic E-state index is 12.0. The molecule has 2 aromatic rings. The largest absolute Gasteiger partial charge is 0.494 e. The summed E-state index contributed by atoms with van der Waals surface area (Å²) in [6, 6.07) is 14.5. The lowest BCUT2D eigenvalue weighted by molar-refractivity contribution is -0.114. The number of rotatable bonds is 7. The van der Waals surface area contributed by atoms with Crippen molar-refractivity contribution >= 4 is 29.3 Å². The van der Waals surface area contributed by atoms with Crippen molar-refractivity contribution < 1.29 is 14.3 Å². The first-order chi connectivity index (χ1) is 12.1. The van der Waals surface area contributed by atoms with Crippen LogP contribution >= 0.6 is 0 Å². The van der Waals surface area contributed by atoms with E-state index in [0.29, 0.717) is 18.0 Å². The van der Waals surface area contributed by atoms with Crippen molar-refractivity contribution in [1.29, 1.82) is 0 Å². The third-order valence-electron chi connectivity index (χ3n) is 3.25. The van der Waals surface area contributed by atoms with Crippen molar-refractivity contribution in [2.45, 2.75) is 20.3 Å². The third kappa shape index (κ3) is 6.51. The molecular weight excluding hydrogens is 316 g/mol. The molecule has 5 heteroatoms. The molecule has 0 aliphatic rings. The van der Waals surface area contributed by atoms with Gasteiger partial charge in [-0.1, -0.05) is 19.1 Å². The quantitative estimate of drug-likeness (QED) is 0.747.